The predicted octanol–water partition coefficient (Wildman–Crippen LogP) is 15.2. The first-order valence-electron chi connectivity index (χ1n) is 20.0. The predicted molar refractivity (Wildman–Crippen MR) is 246 cm³/mol. The Morgan fingerprint density at radius 1 is 0.424 bits per heavy atom. The van der Waals surface area contributed by atoms with Crippen molar-refractivity contribution in [1.82, 2.24) is 9.55 Å². The van der Waals surface area contributed by atoms with Crippen LogP contribution < -0.4 is 4.90 Å². The molecule has 0 unspecified atom stereocenters. The van der Waals surface area contributed by atoms with Crippen molar-refractivity contribution >= 4 is 82.4 Å². The van der Waals surface area contributed by atoms with Crippen LogP contribution in [0.2, 0.25) is 0 Å². The standard InChI is InChI=1S/C55H35N3O/c1-2-11-40-34-45(29-21-36(40)9-1)57(42-27-22-39(23-28-42)47-16-8-17-49-48-31-32-56-35-53(48)59-55(47)49)44-13-7-12-41(33-44)37-19-25-43(26-20-37)58-51-18-6-5-15-50(51)54-46-14-4-3-10-38(46)24-30-52(54)58/h1-35H. The molecule has 4 nitrogen and oxygen atoms in total. The van der Waals surface area contributed by atoms with Gasteiger partial charge in [-0.25, -0.2) is 0 Å². The van der Waals surface area contributed by atoms with E-state index in [-0.39, 0.29) is 0 Å². The number of aromatic nitrogens is 2. The van der Waals surface area contributed by atoms with Crippen molar-refractivity contribution in [2.24, 2.45) is 0 Å². The maximum atomic E-state index is 6.36. The molecule has 0 spiro atoms. The van der Waals surface area contributed by atoms with Crippen molar-refractivity contribution in [2.75, 3.05) is 4.90 Å². The summed E-state index contributed by atoms with van der Waals surface area (Å²) in [7, 11) is 0. The molecule has 0 atom stereocenters. The van der Waals surface area contributed by atoms with Gasteiger partial charge in [-0.3, -0.25) is 4.98 Å². The summed E-state index contributed by atoms with van der Waals surface area (Å²) in [6, 6.07) is 72.2. The number of hydrogen-bond donors (Lipinski definition) is 0. The second-order valence-electron chi connectivity index (χ2n) is 15.2. The Bertz CT molecular complexity index is 3560. The van der Waals surface area contributed by atoms with Gasteiger partial charge in [0.05, 0.1) is 17.2 Å². The Morgan fingerprint density at radius 2 is 1.12 bits per heavy atom. The Labute approximate surface area is 340 Å². The zero-order valence-corrected chi connectivity index (χ0v) is 32.0. The molecule has 3 aromatic heterocycles. The molecule has 12 rings (SSSR count). The molecule has 0 amide bonds. The SMILES string of the molecule is c1cc(-c2ccc(-n3c4ccccc4c4c5ccccc5ccc43)cc2)cc(N(c2ccc(-c3cccc4c3oc3cnccc34)cc2)c2ccc3ccccc3c2)c1. The van der Waals surface area contributed by atoms with E-state index < -0.39 is 0 Å². The van der Waals surface area contributed by atoms with Gasteiger partial charge >= 0.3 is 0 Å². The summed E-state index contributed by atoms with van der Waals surface area (Å²) in [5.41, 5.74) is 12.9. The molecule has 0 fully saturated rings. The number of nitrogens with zero attached hydrogens (tertiary/aromatic N) is 3. The number of fused-ring (bicyclic) bond motifs is 9. The lowest BCUT2D eigenvalue weighted by Crippen LogP contribution is -2.10. The average Bonchev–Trinajstić information content (AvgIpc) is 3.86. The van der Waals surface area contributed by atoms with E-state index >= 15 is 0 Å². The van der Waals surface area contributed by atoms with E-state index in [0.717, 1.165) is 66.9 Å². The summed E-state index contributed by atoms with van der Waals surface area (Å²) in [5, 5.41) is 9.67. The molecule has 3 heterocycles. The molecule has 0 N–H and O–H groups in total. The Kier molecular flexibility index (Phi) is 7.50. The zero-order valence-electron chi connectivity index (χ0n) is 32.0. The van der Waals surface area contributed by atoms with Gasteiger partial charge in [0.15, 0.2) is 5.58 Å². The summed E-state index contributed by atoms with van der Waals surface area (Å²) < 4.78 is 8.75. The lowest BCUT2D eigenvalue weighted by molar-refractivity contribution is 0.668. The maximum absolute atomic E-state index is 6.36. The maximum Gasteiger partial charge on any atom is 0.153 e. The smallest absolute Gasteiger partial charge is 0.153 e. The number of rotatable bonds is 6. The highest BCUT2D eigenvalue weighted by Crippen LogP contribution is 2.41. The minimum Gasteiger partial charge on any atom is -0.454 e. The number of benzene rings is 9. The van der Waals surface area contributed by atoms with Crippen molar-refractivity contribution in [3.63, 3.8) is 0 Å². The second-order valence-corrected chi connectivity index (χ2v) is 15.2. The quantitative estimate of drug-likeness (QED) is 0.170. The number of pyridine rings is 1. The highest BCUT2D eigenvalue weighted by Gasteiger charge is 2.18. The Morgan fingerprint density at radius 3 is 2.00 bits per heavy atom. The molecule has 59 heavy (non-hydrogen) atoms. The first-order valence-corrected chi connectivity index (χ1v) is 20.0. The van der Waals surface area contributed by atoms with Gasteiger partial charge in [-0.2, -0.15) is 0 Å². The van der Waals surface area contributed by atoms with Crippen molar-refractivity contribution in [3.05, 3.63) is 213 Å². The number of para-hydroxylation sites is 2. The molecule has 276 valence electrons. The van der Waals surface area contributed by atoms with Gasteiger partial charge in [0.1, 0.15) is 5.58 Å². The van der Waals surface area contributed by atoms with Gasteiger partial charge in [0, 0.05) is 56.1 Å². The van der Waals surface area contributed by atoms with Gasteiger partial charge < -0.3 is 13.9 Å². The topological polar surface area (TPSA) is 34.2 Å². The van der Waals surface area contributed by atoms with Crippen LogP contribution in [-0.2, 0) is 0 Å². The largest absolute Gasteiger partial charge is 0.454 e. The Balaban J connectivity index is 0.945. The molecule has 0 aliphatic rings. The van der Waals surface area contributed by atoms with E-state index in [0.29, 0.717) is 0 Å². The molecule has 0 aliphatic carbocycles. The van der Waals surface area contributed by atoms with Gasteiger partial charge in [0.25, 0.3) is 0 Å². The number of furan rings is 1. The number of hydrogen-bond acceptors (Lipinski definition) is 3. The van der Waals surface area contributed by atoms with E-state index in [2.05, 4.69) is 209 Å². The molecule has 12 aromatic rings. The summed E-state index contributed by atoms with van der Waals surface area (Å²) in [6.45, 7) is 0. The van der Waals surface area contributed by atoms with Gasteiger partial charge in [-0.1, -0.05) is 133 Å². The summed E-state index contributed by atoms with van der Waals surface area (Å²) in [6.07, 6.45) is 3.61. The lowest BCUT2D eigenvalue weighted by atomic mass is 10.0. The summed E-state index contributed by atoms with van der Waals surface area (Å²) in [4.78, 5) is 6.64. The third-order valence-electron chi connectivity index (χ3n) is 11.9. The van der Waals surface area contributed by atoms with Crippen LogP contribution in [0.3, 0.4) is 0 Å². The molecule has 0 radical (unpaired) electrons. The van der Waals surface area contributed by atoms with Gasteiger partial charge in [-0.15, -0.1) is 0 Å². The van der Waals surface area contributed by atoms with Gasteiger partial charge in [0.2, 0.25) is 0 Å². The van der Waals surface area contributed by atoms with Crippen molar-refractivity contribution < 1.29 is 4.42 Å². The summed E-state index contributed by atoms with van der Waals surface area (Å²) >= 11 is 0. The first kappa shape index (κ1) is 33.2. The van der Waals surface area contributed by atoms with Crippen LogP contribution in [0.1, 0.15) is 0 Å². The van der Waals surface area contributed by atoms with Crippen LogP contribution in [0.5, 0.6) is 0 Å². The van der Waals surface area contributed by atoms with Crippen molar-refractivity contribution in [1.29, 1.82) is 0 Å². The van der Waals surface area contributed by atoms with E-state index in [9.17, 15) is 0 Å². The molecule has 9 aromatic carbocycles. The molecule has 4 heteroatoms. The van der Waals surface area contributed by atoms with E-state index in [1.165, 1.54) is 43.4 Å². The molecule has 0 bridgehead atoms. The van der Waals surface area contributed by atoms with Crippen molar-refractivity contribution in [2.45, 2.75) is 0 Å². The first-order chi connectivity index (χ1) is 29.2. The Hall–Kier alpha value is -7.95. The third-order valence-corrected chi connectivity index (χ3v) is 11.9. The minimum atomic E-state index is 0.795. The molecule has 0 aliphatic heterocycles. The summed E-state index contributed by atoms with van der Waals surface area (Å²) in [5.74, 6) is 0. The fourth-order valence-electron chi connectivity index (χ4n) is 9.08. The lowest BCUT2D eigenvalue weighted by Gasteiger charge is -2.26. The fourth-order valence-corrected chi connectivity index (χ4v) is 9.08. The highest BCUT2D eigenvalue weighted by molar-refractivity contribution is 6.21. The van der Waals surface area contributed by atoms with Crippen LogP contribution in [0, 0.1) is 0 Å². The van der Waals surface area contributed by atoms with Crippen LogP contribution in [0.25, 0.3) is 93.2 Å². The molecular formula is C55H35N3O. The van der Waals surface area contributed by atoms with Crippen molar-refractivity contribution in [3.8, 4) is 27.9 Å². The molecule has 0 saturated heterocycles. The van der Waals surface area contributed by atoms with Crippen LogP contribution >= 0.6 is 0 Å². The van der Waals surface area contributed by atoms with Crippen LogP contribution in [-0.4, -0.2) is 9.55 Å². The minimum absolute atomic E-state index is 0.795. The molecular weight excluding hydrogens is 719 g/mol. The van der Waals surface area contributed by atoms with Crippen LogP contribution in [0.15, 0.2) is 217 Å². The van der Waals surface area contributed by atoms with E-state index in [4.69, 9.17) is 4.42 Å². The zero-order chi connectivity index (χ0) is 38.9. The average molecular weight is 754 g/mol. The van der Waals surface area contributed by atoms with Gasteiger partial charge in [-0.05, 0) is 105 Å². The van der Waals surface area contributed by atoms with Crippen LogP contribution in [0.4, 0.5) is 17.1 Å². The molecule has 0 saturated carbocycles. The number of anilines is 3. The normalized spacial score (nSPS) is 11.7. The van der Waals surface area contributed by atoms with E-state index in [1.54, 1.807) is 6.20 Å². The third kappa shape index (κ3) is 5.42. The monoisotopic (exact) mass is 753 g/mol. The van der Waals surface area contributed by atoms with E-state index in [1.807, 2.05) is 12.3 Å². The second kappa shape index (κ2) is 13.3. The highest BCUT2D eigenvalue weighted by atomic mass is 16.3. The fraction of sp³-hybridized carbons (Fsp3) is 0.